The first-order valence-corrected chi connectivity index (χ1v) is 11.4. The highest BCUT2D eigenvalue weighted by atomic mass is 32.2. The van der Waals surface area contributed by atoms with Gasteiger partial charge in [0.15, 0.2) is 0 Å². The van der Waals surface area contributed by atoms with Crippen LogP contribution in [0.5, 0.6) is 0 Å². The van der Waals surface area contributed by atoms with Gasteiger partial charge in [-0.15, -0.1) is 21.5 Å². The van der Waals surface area contributed by atoms with Crippen LogP contribution in [0.4, 0.5) is 4.79 Å². The Kier molecular flexibility index (Phi) is 7.12. The van der Waals surface area contributed by atoms with E-state index in [0.29, 0.717) is 29.5 Å². The second kappa shape index (κ2) is 9.56. The number of thioether (sulfide) groups is 1. The largest absolute Gasteiger partial charge is 0.410 e. The third-order valence-electron chi connectivity index (χ3n) is 4.53. The molecular weight excluding hydrogens is 396 g/mol. The van der Waals surface area contributed by atoms with Crippen molar-refractivity contribution in [2.75, 3.05) is 12.3 Å². The average Bonchev–Trinajstić information content (AvgIpc) is 3.25. The van der Waals surface area contributed by atoms with E-state index in [1.807, 2.05) is 0 Å². The van der Waals surface area contributed by atoms with Crippen LogP contribution in [0.2, 0.25) is 0 Å². The van der Waals surface area contributed by atoms with Crippen LogP contribution in [0.15, 0.2) is 15.7 Å². The third kappa shape index (κ3) is 5.81. The van der Waals surface area contributed by atoms with E-state index < -0.39 is 11.9 Å². The Bertz CT molecular complexity index is 831. The molecule has 2 heterocycles. The maximum atomic E-state index is 11.9. The molecule has 0 fully saturated rings. The molecule has 0 unspecified atom stereocenters. The summed E-state index contributed by atoms with van der Waals surface area (Å²) >= 11 is 2.83. The summed E-state index contributed by atoms with van der Waals surface area (Å²) in [6, 6.07) is 1.67. The first-order chi connectivity index (χ1) is 13.4. The molecule has 1 aliphatic rings. The van der Waals surface area contributed by atoms with Gasteiger partial charge in [0.2, 0.25) is 5.91 Å². The van der Waals surface area contributed by atoms with Crippen molar-refractivity contribution in [3.05, 3.63) is 16.5 Å². The third-order valence-corrected chi connectivity index (χ3v) is 6.58. The monoisotopic (exact) mass is 422 g/mol. The number of carbonyl (C=O) groups excluding carboxylic acids is 2. The van der Waals surface area contributed by atoms with Gasteiger partial charge in [-0.3, -0.25) is 10.1 Å². The van der Waals surface area contributed by atoms with Crippen LogP contribution in [-0.4, -0.2) is 34.4 Å². The molecule has 3 amide bonds. The Labute approximate surface area is 173 Å². The average molecular weight is 423 g/mol. The van der Waals surface area contributed by atoms with Crippen LogP contribution in [0.3, 0.4) is 0 Å². The van der Waals surface area contributed by atoms with Gasteiger partial charge in [0, 0.05) is 11.4 Å². The van der Waals surface area contributed by atoms with E-state index in [1.165, 1.54) is 16.9 Å². The molecule has 0 saturated carbocycles. The molecule has 0 bridgehead atoms. The number of hydrogen-bond acceptors (Lipinski definition) is 7. The Hall–Kier alpha value is -1.87. The van der Waals surface area contributed by atoms with Crippen molar-refractivity contribution in [3.63, 3.8) is 0 Å². The summed E-state index contributed by atoms with van der Waals surface area (Å²) in [5.74, 6) is 1.34. The summed E-state index contributed by atoms with van der Waals surface area (Å²) in [5.41, 5.74) is 1.38. The quantitative estimate of drug-likeness (QED) is 0.657. The van der Waals surface area contributed by atoms with Gasteiger partial charge in [0.05, 0.1) is 10.6 Å². The predicted molar refractivity (Wildman–Crippen MR) is 111 cm³/mol. The molecule has 1 atom stereocenters. The number of amides is 3. The molecule has 0 radical (unpaired) electrons. The lowest BCUT2D eigenvalue weighted by Crippen LogP contribution is -2.40. The molecule has 2 aromatic heterocycles. The van der Waals surface area contributed by atoms with Crippen molar-refractivity contribution in [1.82, 2.24) is 20.8 Å². The number of nitrogens with one attached hydrogen (secondary N) is 2. The number of carbonyl (C=O) groups is 2. The predicted octanol–water partition coefficient (Wildman–Crippen LogP) is 3.89. The van der Waals surface area contributed by atoms with Gasteiger partial charge in [0.1, 0.15) is 0 Å². The van der Waals surface area contributed by atoms with E-state index in [1.54, 1.807) is 11.3 Å². The molecule has 9 heteroatoms. The summed E-state index contributed by atoms with van der Waals surface area (Å²) in [5, 5.41) is 13.4. The van der Waals surface area contributed by atoms with Gasteiger partial charge in [-0.2, -0.15) is 0 Å². The van der Waals surface area contributed by atoms with Gasteiger partial charge in [-0.05, 0) is 49.1 Å². The van der Waals surface area contributed by atoms with E-state index in [9.17, 15) is 9.59 Å². The van der Waals surface area contributed by atoms with Crippen LogP contribution in [0.25, 0.3) is 10.8 Å². The Morgan fingerprint density at radius 1 is 1.39 bits per heavy atom. The molecule has 7 nitrogen and oxygen atoms in total. The number of aromatic nitrogens is 2. The van der Waals surface area contributed by atoms with Crippen LogP contribution < -0.4 is 10.6 Å². The summed E-state index contributed by atoms with van der Waals surface area (Å²) in [7, 11) is 0. The number of fused-ring (bicyclic) bond motifs is 1. The lowest BCUT2D eigenvalue weighted by atomic mass is 9.90. The van der Waals surface area contributed by atoms with Gasteiger partial charge in [-0.25, -0.2) is 4.79 Å². The number of imide groups is 1. The van der Waals surface area contributed by atoms with Crippen LogP contribution >= 0.6 is 23.1 Å². The molecule has 28 heavy (non-hydrogen) atoms. The first-order valence-electron chi connectivity index (χ1n) is 9.56. The molecular formula is C19H26N4O3S2. The number of aryl methyl sites for hydroxylation is 1. The molecule has 1 aliphatic carbocycles. The minimum atomic E-state index is -0.476. The summed E-state index contributed by atoms with van der Waals surface area (Å²) < 4.78 is 5.69. The van der Waals surface area contributed by atoms with Crippen molar-refractivity contribution in [2.24, 2.45) is 11.8 Å². The normalized spacial score (nSPS) is 16.1. The molecule has 2 N–H and O–H groups in total. The highest BCUT2D eigenvalue weighted by Crippen LogP contribution is 2.37. The lowest BCUT2D eigenvalue weighted by Gasteiger charge is -2.16. The van der Waals surface area contributed by atoms with E-state index >= 15 is 0 Å². The maximum Gasteiger partial charge on any atom is 0.321 e. The van der Waals surface area contributed by atoms with Gasteiger partial charge in [-0.1, -0.05) is 32.5 Å². The highest BCUT2D eigenvalue weighted by Gasteiger charge is 2.21. The van der Waals surface area contributed by atoms with Gasteiger partial charge < -0.3 is 9.73 Å². The van der Waals surface area contributed by atoms with E-state index in [0.717, 1.165) is 35.9 Å². The van der Waals surface area contributed by atoms with Crippen molar-refractivity contribution in [2.45, 2.75) is 51.7 Å². The second-order valence-electron chi connectivity index (χ2n) is 7.56. The fourth-order valence-corrected chi connectivity index (χ4v) is 4.68. The Morgan fingerprint density at radius 3 is 3.00 bits per heavy atom. The van der Waals surface area contributed by atoms with E-state index in [2.05, 4.69) is 47.7 Å². The zero-order chi connectivity index (χ0) is 20.1. The minimum Gasteiger partial charge on any atom is -0.410 e. The number of hydrogen-bond donors (Lipinski definition) is 2. The SMILES string of the molecule is CC(C)CCNC(=O)NC(=O)CSc1nnc(-c2cc3c(s2)CC[C@H](C)C3)o1. The summed E-state index contributed by atoms with van der Waals surface area (Å²) in [4.78, 5) is 25.9. The van der Waals surface area contributed by atoms with Gasteiger partial charge >= 0.3 is 6.03 Å². The molecule has 3 rings (SSSR count). The Morgan fingerprint density at radius 2 is 2.21 bits per heavy atom. The van der Waals surface area contributed by atoms with Gasteiger partial charge in [0.25, 0.3) is 11.1 Å². The maximum absolute atomic E-state index is 11.9. The Balaban J connectivity index is 1.47. The molecule has 0 aliphatic heterocycles. The molecule has 0 aromatic carbocycles. The molecule has 2 aromatic rings. The van der Waals surface area contributed by atoms with Crippen LogP contribution in [0.1, 0.15) is 44.1 Å². The second-order valence-corrected chi connectivity index (χ2v) is 9.62. The fraction of sp³-hybridized carbons (Fsp3) is 0.579. The summed E-state index contributed by atoms with van der Waals surface area (Å²) in [6.07, 6.45) is 4.29. The summed E-state index contributed by atoms with van der Waals surface area (Å²) in [6.45, 7) is 6.97. The van der Waals surface area contributed by atoms with Crippen molar-refractivity contribution < 1.29 is 14.0 Å². The van der Waals surface area contributed by atoms with Crippen molar-refractivity contribution in [1.29, 1.82) is 0 Å². The lowest BCUT2D eigenvalue weighted by molar-refractivity contribution is -0.117. The van der Waals surface area contributed by atoms with Crippen molar-refractivity contribution in [3.8, 4) is 10.8 Å². The van der Waals surface area contributed by atoms with Crippen LogP contribution in [0, 0.1) is 11.8 Å². The number of nitrogens with zero attached hydrogens (tertiary/aromatic N) is 2. The number of urea groups is 1. The number of rotatable bonds is 7. The minimum absolute atomic E-state index is 0.0394. The zero-order valence-corrected chi connectivity index (χ0v) is 18.0. The van der Waals surface area contributed by atoms with Crippen LogP contribution in [-0.2, 0) is 17.6 Å². The topological polar surface area (TPSA) is 97.1 Å². The molecule has 152 valence electrons. The zero-order valence-electron chi connectivity index (χ0n) is 16.4. The molecule has 0 spiro atoms. The first kappa shape index (κ1) is 20.9. The fourth-order valence-electron chi connectivity index (χ4n) is 2.99. The number of thiophene rings is 1. The standard InChI is InChI=1S/C19H26N4O3S2/c1-11(2)6-7-20-18(25)21-16(24)10-27-19-23-22-17(26-19)15-9-13-8-12(3)4-5-14(13)28-15/h9,11-12H,4-8,10H2,1-3H3,(H2,20,21,24,25)/t12-/m0/s1. The van der Waals surface area contributed by atoms with Crippen molar-refractivity contribution >= 4 is 35.0 Å². The van der Waals surface area contributed by atoms with E-state index in [4.69, 9.17) is 4.42 Å². The van der Waals surface area contributed by atoms with E-state index in [-0.39, 0.29) is 5.75 Å². The molecule has 0 saturated heterocycles. The highest BCUT2D eigenvalue weighted by molar-refractivity contribution is 7.99. The smallest absolute Gasteiger partial charge is 0.321 e.